The first-order chi connectivity index (χ1) is 11.3. The molecule has 0 aliphatic heterocycles. The van der Waals surface area contributed by atoms with Gasteiger partial charge in [-0.1, -0.05) is 12.1 Å². The van der Waals surface area contributed by atoms with Crippen molar-refractivity contribution in [3.63, 3.8) is 0 Å². The van der Waals surface area contributed by atoms with Crippen molar-refractivity contribution in [1.29, 1.82) is 0 Å². The molecule has 0 saturated heterocycles. The predicted molar refractivity (Wildman–Crippen MR) is 96.9 cm³/mol. The second kappa shape index (κ2) is 9.28. The summed E-state index contributed by atoms with van der Waals surface area (Å²) in [4.78, 5) is 0. The van der Waals surface area contributed by atoms with Crippen LogP contribution < -0.4 is 10.6 Å². The van der Waals surface area contributed by atoms with Crippen LogP contribution >= 0.6 is 15.2 Å². The minimum atomic E-state index is -3.65. The van der Waals surface area contributed by atoms with Gasteiger partial charge in [-0.15, -0.1) is 0 Å². The summed E-state index contributed by atoms with van der Waals surface area (Å²) in [6.07, 6.45) is 0. The number of aryl methyl sites for hydroxylation is 2. The van der Waals surface area contributed by atoms with E-state index < -0.39 is 15.2 Å². The van der Waals surface area contributed by atoms with Crippen LogP contribution in [0.4, 0.5) is 0 Å². The Hall–Kier alpha value is -0.480. The van der Waals surface area contributed by atoms with Gasteiger partial charge in [0, 0.05) is 0 Å². The van der Waals surface area contributed by atoms with Crippen LogP contribution in [-0.4, -0.2) is 26.4 Å². The van der Waals surface area contributed by atoms with Crippen LogP contribution in [0.3, 0.4) is 0 Å². The quantitative estimate of drug-likeness (QED) is 0.571. The van der Waals surface area contributed by atoms with E-state index in [-0.39, 0.29) is 37.0 Å². The fraction of sp³-hybridized carbons (Fsp3) is 0.625. The third-order valence-electron chi connectivity index (χ3n) is 3.30. The van der Waals surface area contributed by atoms with Gasteiger partial charge < -0.3 is 18.1 Å². The molecule has 1 aromatic rings. The lowest BCUT2D eigenvalue weighted by atomic mass is 10.2. The highest BCUT2D eigenvalue weighted by Gasteiger charge is 2.41. The third-order valence-corrected chi connectivity index (χ3v) is 8.12. The van der Waals surface area contributed by atoms with Crippen LogP contribution in [0.2, 0.25) is 0 Å². The Kier molecular flexibility index (Phi) is 8.34. The number of hydrogen-bond acceptors (Lipinski definition) is 6. The van der Waals surface area contributed by atoms with E-state index in [9.17, 15) is 9.13 Å². The molecule has 0 spiro atoms. The van der Waals surface area contributed by atoms with Crippen LogP contribution in [0.5, 0.6) is 0 Å². The Morgan fingerprint density at radius 1 is 0.667 bits per heavy atom. The van der Waals surface area contributed by atoms with Gasteiger partial charge in [0.25, 0.3) is 0 Å². The van der Waals surface area contributed by atoms with Gasteiger partial charge in [-0.2, -0.15) is 0 Å². The Labute approximate surface area is 144 Å². The largest absolute Gasteiger partial charge is 0.362 e. The summed E-state index contributed by atoms with van der Waals surface area (Å²) < 4.78 is 48.7. The van der Waals surface area contributed by atoms with E-state index in [0.29, 0.717) is 11.1 Å². The maximum absolute atomic E-state index is 13.4. The molecule has 0 saturated carbocycles. The lowest BCUT2D eigenvalue weighted by molar-refractivity contribution is 0.226. The molecule has 0 fully saturated rings. The van der Waals surface area contributed by atoms with Gasteiger partial charge in [-0.25, -0.2) is 0 Å². The molecule has 24 heavy (non-hydrogen) atoms. The molecule has 0 aromatic heterocycles. The summed E-state index contributed by atoms with van der Waals surface area (Å²) >= 11 is 0. The smallest absolute Gasteiger partial charge is 0.305 e. The van der Waals surface area contributed by atoms with E-state index in [2.05, 4.69) is 0 Å². The average Bonchev–Trinajstić information content (AvgIpc) is 2.50. The molecule has 1 aromatic carbocycles. The van der Waals surface area contributed by atoms with E-state index in [1.165, 1.54) is 0 Å². The summed E-state index contributed by atoms with van der Waals surface area (Å²) in [7, 11) is -7.30. The van der Waals surface area contributed by atoms with E-state index in [4.69, 9.17) is 18.1 Å². The zero-order valence-corrected chi connectivity index (χ0v) is 17.1. The fourth-order valence-corrected chi connectivity index (χ4v) is 7.13. The lowest BCUT2D eigenvalue weighted by Gasteiger charge is -2.27. The van der Waals surface area contributed by atoms with Crippen molar-refractivity contribution in [2.75, 3.05) is 26.4 Å². The van der Waals surface area contributed by atoms with E-state index in [1.807, 2.05) is 0 Å². The summed E-state index contributed by atoms with van der Waals surface area (Å²) in [6, 6.07) is 3.61. The van der Waals surface area contributed by atoms with Crippen molar-refractivity contribution in [3.05, 3.63) is 23.3 Å². The second-order valence-corrected chi connectivity index (χ2v) is 8.98. The minimum Gasteiger partial charge on any atom is -0.305 e. The summed E-state index contributed by atoms with van der Waals surface area (Å²) in [5.41, 5.74) is 1.33. The molecule has 1 rings (SSSR count). The highest BCUT2D eigenvalue weighted by Crippen LogP contribution is 2.54. The van der Waals surface area contributed by atoms with Crippen molar-refractivity contribution in [3.8, 4) is 0 Å². The first kappa shape index (κ1) is 21.6. The van der Waals surface area contributed by atoms with Crippen molar-refractivity contribution < 1.29 is 27.2 Å². The average molecular weight is 378 g/mol. The van der Waals surface area contributed by atoms with Crippen LogP contribution in [0.15, 0.2) is 12.1 Å². The Bertz CT molecular complexity index is 569. The lowest BCUT2D eigenvalue weighted by Crippen LogP contribution is -2.33. The minimum absolute atomic E-state index is 0.206. The number of rotatable bonds is 10. The van der Waals surface area contributed by atoms with Crippen molar-refractivity contribution in [1.82, 2.24) is 0 Å². The monoisotopic (exact) mass is 378 g/mol. The van der Waals surface area contributed by atoms with Gasteiger partial charge in [0.15, 0.2) is 0 Å². The molecule has 0 unspecified atom stereocenters. The summed E-state index contributed by atoms with van der Waals surface area (Å²) in [5.74, 6) is 0. The zero-order valence-electron chi connectivity index (χ0n) is 15.3. The van der Waals surface area contributed by atoms with Crippen molar-refractivity contribution in [2.24, 2.45) is 0 Å². The van der Waals surface area contributed by atoms with E-state index in [0.717, 1.165) is 0 Å². The van der Waals surface area contributed by atoms with Crippen molar-refractivity contribution >= 4 is 25.8 Å². The van der Waals surface area contributed by atoms with Gasteiger partial charge in [0.1, 0.15) is 0 Å². The van der Waals surface area contributed by atoms with E-state index in [1.54, 1.807) is 53.7 Å². The predicted octanol–water partition coefficient (Wildman–Crippen LogP) is 4.09. The molecule has 6 nitrogen and oxygen atoms in total. The van der Waals surface area contributed by atoms with Gasteiger partial charge in [-0.05, 0) is 52.7 Å². The Balaban J connectivity index is 3.75. The zero-order chi connectivity index (χ0) is 18.4. The Morgan fingerprint density at radius 2 is 0.917 bits per heavy atom. The highest BCUT2D eigenvalue weighted by atomic mass is 31.2. The van der Waals surface area contributed by atoms with Crippen LogP contribution in [-0.2, 0) is 27.2 Å². The molecule has 0 aliphatic carbocycles. The van der Waals surface area contributed by atoms with Crippen LogP contribution in [0, 0.1) is 13.8 Å². The summed E-state index contributed by atoms with van der Waals surface area (Å²) in [5, 5.41) is 0.577. The standard InChI is InChI=1S/C16H28O6P2/c1-7-19-23(17,20-8-2)15-13(5)11-12-14(6)16(15)24(18,21-9-3)22-10-4/h11-12H,7-10H2,1-6H3. The third kappa shape index (κ3) is 4.57. The molecule has 0 amide bonds. The molecule has 0 N–H and O–H groups in total. The normalized spacial score (nSPS) is 12.6. The maximum atomic E-state index is 13.4. The first-order valence-corrected chi connectivity index (χ1v) is 11.3. The van der Waals surface area contributed by atoms with Crippen LogP contribution in [0.1, 0.15) is 38.8 Å². The van der Waals surface area contributed by atoms with Gasteiger partial charge >= 0.3 is 15.2 Å². The molecular formula is C16H28O6P2. The van der Waals surface area contributed by atoms with Gasteiger partial charge in [-0.3, -0.25) is 9.13 Å². The number of benzene rings is 1. The molecule has 138 valence electrons. The van der Waals surface area contributed by atoms with Crippen molar-refractivity contribution in [2.45, 2.75) is 41.5 Å². The second-order valence-electron chi connectivity index (χ2n) is 5.06. The maximum Gasteiger partial charge on any atom is 0.362 e. The van der Waals surface area contributed by atoms with Crippen LogP contribution in [0.25, 0.3) is 0 Å². The molecule has 0 aliphatic rings. The molecule has 0 bridgehead atoms. The summed E-state index contributed by atoms with van der Waals surface area (Å²) in [6.45, 7) is 11.3. The fourth-order valence-electron chi connectivity index (χ4n) is 2.49. The molecule has 0 atom stereocenters. The topological polar surface area (TPSA) is 71.1 Å². The van der Waals surface area contributed by atoms with Gasteiger partial charge in [0.05, 0.1) is 37.0 Å². The molecule has 0 heterocycles. The van der Waals surface area contributed by atoms with E-state index >= 15 is 0 Å². The SMILES string of the molecule is CCOP(=O)(OCC)c1c(C)ccc(C)c1P(=O)(OCC)OCC. The highest BCUT2D eigenvalue weighted by molar-refractivity contribution is 7.69. The molecule has 8 heteroatoms. The first-order valence-electron chi connectivity index (χ1n) is 8.19. The number of hydrogen-bond donors (Lipinski definition) is 0. The molecule has 0 radical (unpaired) electrons. The van der Waals surface area contributed by atoms with Gasteiger partial charge in [0.2, 0.25) is 0 Å². The molecular weight excluding hydrogens is 350 g/mol. The Morgan fingerprint density at radius 3 is 1.12 bits per heavy atom.